The molecule has 3 rings (SSSR count). The van der Waals surface area contributed by atoms with E-state index in [1.807, 2.05) is 30.2 Å². The first-order valence-corrected chi connectivity index (χ1v) is 14.1. The summed E-state index contributed by atoms with van der Waals surface area (Å²) < 4.78 is 5.40. The number of alkyl carbamates (subject to hydrolysis) is 1. The molecule has 3 fully saturated rings. The minimum Gasteiger partial charge on any atom is -0.444 e. The van der Waals surface area contributed by atoms with Crippen molar-refractivity contribution in [3.05, 3.63) is 0 Å². The van der Waals surface area contributed by atoms with Crippen LogP contribution in [0.1, 0.15) is 81.1 Å². The van der Waals surface area contributed by atoms with E-state index in [9.17, 15) is 24.0 Å². The second-order valence-corrected chi connectivity index (χ2v) is 14.1. The Morgan fingerprint density at radius 1 is 1.03 bits per heavy atom. The molecule has 2 saturated carbocycles. The Labute approximate surface area is 228 Å². The molecular formula is C27H45N4O6P. The molecule has 0 aromatic heterocycles. The van der Waals surface area contributed by atoms with Crippen LogP contribution in [0.2, 0.25) is 0 Å². The lowest BCUT2D eigenvalue weighted by atomic mass is 9.80. The van der Waals surface area contributed by atoms with E-state index in [1.165, 1.54) is 0 Å². The summed E-state index contributed by atoms with van der Waals surface area (Å²) in [5.41, 5.74) is -1.53. The summed E-state index contributed by atoms with van der Waals surface area (Å²) in [4.78, 5) is 66.8. The highest BCUT2D eigenvalue weighted by atomic mass is 31.0. The van der Waals surface area contributed by atoms with Gasteiger partial charge < -0.3 is 25.4 Å². The monoisotopic (exact) mass is 552 g/mol. The Morgan fingerprint density at radius 3 is 2.11 bits per heavy atom. The first kappa shape index (κ1) is 30.3. The van der Waals surface area contributed by atoms with Gasteiger partial charge in [0.2, 0.25) is 17.6 Å². The van der Waals surface area contributed by atoms with Crippen LogP contribution in [-0.4, -0.2) is 64.8 Å². The molecule has 4 unspecified atom stereocenters. The lowest BCUT2D eigenvalue weighted by Gasteiger charge is -2.38. The van der Waals surface area contributed by atoms with Crippen molar-refractivity contribution in [2.24, 2.45) is 28.6 Å². The van der Waals surface area contributed by atoms with E-state index in [-0.39, 0.29) is 29.1 Å². The number of amides is 4. The maximum atomic E-state index is 13.9. The van der Waals surface area contributed by atoms with E-state index < -0.39 is 52.8 Å². The molecule has 0 bridgehead atoms. The van der Waals surface area contributed by atoms with Crippen LogP contribution in [0.4, 0.5) is 4.79 Å². The summed E-state index contributed by atoms with van der Waals surface area (Å²) in [6.45, 7) is 15.3. The Bertz CT molecular complexity index is 981. The molecule has 1 saturated heterocycles. The number of piperidine rings is 1. The van der Waals surface area contributed by atoms with Crippen LogP contribution in [0.15, 0.2) is 0 Å². The lowest BCUT2D eigenvalue weighted by molar-refractivity contribution is -0.145. The first-order valence-electron chi connectivity index (χ1n) is 13.5. The Morgan fingerprint density at radius 2 is 1.63 bits per heavy atom. The highest BCUT2D eigenvalue weighted by Crippen LogP contribution is 2.65. The topological polar surface area (TPSA) is 134 Å². The number of carbonyl (C=O) groups excluding carboxylic acids is 5. The largest absolute Gasteiger partial charge is 0.444 e. The van der Waals surface area contributed by atoms with Gasteiger partial charge in [-0.15, -0.1) is 0 Å². The van der Waals surface area contributed by atoms with Gasteiger partial charge >= 0.3 is 6.09 Å². The van der Waals surface area contributed by atoms with Gasteiger partial charge in [0, 0.05) is 6.54 Å². The number of hydrogen-bond acceptors (Lipinski definition) is 6. The number of Topliss-reactive ketones (excluding diaryl/α,β-unsaturated/α-hetero) is 1. The molecule has 6 atom stereocenters. The van der Waals surface area contributed by atoms with Crippen LogP contribution in [0.25, 0.3) is 0 Å². The molecule has 11 heteroatoms. The van der Waals surface area contributed by atoms with Crippen LogP contribution in [0.3, 0.4) is 0 Å². The molecule has 38 heavy (non-hydrogen) atoms. The number of likely N-dealkylation sites (tertiary alicyclic amines) is 1. The third kappa shape index (κ3) is 6.49. The number of rotatable bonds is 8. The summed E-state index contributed by atoms with van der Waals surface area (Å²) in [6, 6.07) is -2.68. The van der Waals surface area contributed by atoms with Gasteiger partial charge in [-0.25, -0.2) is 4.79 Å². The van der Waals surface area contributed by atoms with E-state index in [0.717, 1.165) is 19.3 Å². The average Bonchev–Trinajstić information content (AvgIpc) is 3.08. The van der Waals surface area contributed by atoms with Gasteiger partial charge in [-0.3, -0.25) is 19.2 Å². The molecule has 0 spiro atoms. The smallest absolute Gasteiger partial charge is 0.408 e. The molecule has 2 aliphatic carbocycles. The molecule has 1 heterocycles. The van der Waals surface area contributed by atoms with Gasteiger partial charge in [0.15, 0.2) is 0 Å². The fourth-order valence-corrected chi connectivity index (χ4v) is 5.98. The second kappa shape index (κ2) is 10.7. The Hall–Kier alpha value is -2.22. The number of ketones is 1. The minimum absolute atomic E-state index is 0.0800. The molecule has 3 N–H and O–H groups in total. The predicted molar refractivity (Wildman–Crippen MR) is 146 cm³/mol. The number of nitrogens with zero attached hydrogens (tertiary/aromatic N) is 1. The SMILES string of the molecule is CC(C)(C)OC(=O)N[C@H](C(=O)N1CC2C([C@H]1C(=O)NC(CC1CCC1)C(=O)C(=O)NP)C2(C)C)C(C)(C)C. The second-order valence-electron chi connectivity index (χ2n) is 13.8. The summed E-state index contributed by atoms with van der Waals surface area (Å²) in [6.07, 6.45) is 2.67. The van der Waals surface area contributed by atoms with Crippen molar-refractivity contribution in [2.75, 3.05) is 6.54 Å². The third-order valence-corrected chi connectivity index (χ3v) is 8.58. The zero-order valence-electron chi connectivity index (χ0n) is 24.0. The van der Waals surface area contributed by atoms with E-state index in [0.29, 0.717) is 13.0 Å². The average molecular weight is 553 g/mol. The standard InChI is InChI=1S/C27H45N4O6P/c1-25(2,3)20(29-24(36)37-26(4,5)6)23(35)31-13-15-17(27(15,7)8)18(31)21(33)28-16(12-14-10-9-11-14)19(32)22(34)30-38/h14-18,20H,9-13,38H2,1-8H3,(H,28,33)(H,29,36)(H,30,34)/t15?,16?,17?,18-,20+/m0/s1. The summed E-state index contributed by atoms with van der Waals surface area (Å²) in [5.74, 6) is -1.95. The number of ether oxygens (including phenoxy) is 1. The number of hydrogen-bond donors (Lipinski definition) is 3. The van der Waals surface area contributed by atoms with Crippen molar-refractivity contribution in [1.82, 2.24) is 20.6 Å². The maximum absolute atomic E-state index is 13.9. The summed E-state index contributed by atoms with van der Waals surface area (Å²) >= 11 is 0. The molecular weight excluding hydrogens is 507 g/mol. The van der Waals surface area contributed by atoms with Gasteiger partial charge in [-0.2, -0.15) is 0 Å². The van der Waals surface area contributed by atoms with Crippen molar-refractivity contribution >= 4 is 39.0 Å². The van der Waals surface area contributed by atoms with Crippen LogP contribution < -0.4 is 15.7 Å². The van der Waals surface area contributed by atoms with Crippen LogP contribution in [-0.2, 0) is 23.9 Å². The lowest BCUT2D eigenvalue weighted by Crippen LogP contribution is -2.60. The van der Waals surface area contributed by atoms with E-state index in [1.54, 1.807) is 25.7 Å². The van der Waals surface area contributed by atoms with Gasteiger partial charge in [0.1, 0.15) is 17.7 Å². The Balaban J connectivity index is 1.84. The molecule has 0 aromatic rings. The van der Waals surface area contributed by atoms with Gasteiger partial charge in [-0.1, -0.05) is 53.9 Å². The molecule has 214 valence electrons. The maximum Gasteiger partial charge on any atom is 0.408 e. The quantitative estimate of drug-likeness (QED) is 0.313. The minimum atomic E-state index is -0.954. The van der Waals surface area contributed by atoms with Crippen LogP contribution in [0, 0.1) is 28.6 Å². The fraction of sp³-hybridized carbons (Fsp3) is 0.815. The van der Waals surface area contributed by atoms with Crippen LogP contribution >= 0.6 is 9.39 Å². The van der Waals surface area contributed by atoms with Crippen molar-refractivity contribution in [3.8, 4) is 0 Å². The summed E-state index contributed by atoms with van der Waals surface area (Å²) in [7, 11) is 2.02. The van der Waals surface area contributed by atoms with Gasteiger partial charge in [-0.05, 0) is 65.2 Å². The van der Waals surface area contributed by atoms with Crippen molar-refractivity contribution in [2.45, 2.75) is 105 Å². The number of nitrogens with one attached hydrogen (secondary N) is 3. The highest BCUT2D eigenvalue weighted by Gasteiger charge is 2.70. The first-order chi connectivity index (χ1) is 17.4. The number of fused-ring (bicyclic) bond motifs is 1. The molecule has 0 aromatic carbocycles. The Kier molecular flexibility index (Phi) is 8.57. The normalized spacial score (nSPS) is 25.8. The van der Waals surface area contributed by atoms with Crippen molar-refractivity contribution in [1.29, 1.82) is 0 Å². The molecule has 3 aliphatic rings. The molecule has 4 amide bonds. The van der Waals surface area contributed by atoms with E-state index in [4.69, 9.17) is 4.74 Å². The van der Waals surface area contributed by atoms with Crippen LogP contribution in [0.5, 0.6) is 0 Å². The predicted octanol–water partition coefficient (Wildman–Crippen LogP) is 2.56. The van der Waals surface area contributed by atoms with Crippen molar-refractivity contribution in [3.63, 3.8) is 0 Å². The van der Waals surface area contributed by atoms with Gasteiger partial charge in [0.25, 0.3) is 5.91 Å². The highest BCUT2D eigenvalue weighted by molar-refractivity contribution is 7.15. The molecule has 10 nitrogen and oxygen atoms in total. The van der Waals surface area contributed by atoms with Crippen molar-refractivity contribution < 1.29 is 28.7 Å². The van der Waals surface area contributed by atoms with E-state index in [2.05, 4.69) is 29.6 Å². The molecule has 1 aliphatic heterocycles. The fourth-order valence-electron chi connectivity index (χ4n) is 5.83. The zero-order chi connectivity index (χ0) is 28.8. The van der Waals surface area contributed by atoms with E-state index >= 15 is 0 Å². The third-order valence-electron chi connectivity index (χ3n) is 8.32. The number of carbonyl (C=O) groups is 5. The molecule has 0 radical (unpaired) electrons. The van der Waals surface area contributed by atoms with Gasteiger partial charge in [0.05, 0.1) is 6.04 Å². The summed E-state index contributed by atoms with van der Waals surface area (Å²) in [5, 5.41) is 7.85. The zero-order valence-corrected chi connectivity index (χ0v) is 25.1.